The molecule has 44 heavy (non-hydrogen) atoms. The van der Waals surface area contributed by atoms with Crippen LogP contribution in [0, 0.1) is 6.92 Å². The van der Waals surface area contributed by atoms with Gasteiger partial charge in [-0.25, -0.2) is 14.6 Å². The maximum Gasteiger partial charge on any atom is 0.338 e. The first-order valence-electron chi connectivity index (χ1n) is 13.6. The van der Waals surface area contributed by atoms with Crippen molar-refractivity contribution in [2.75, 3.05) is 27.9 Å². The summed E-state index contributed by atoms with van der Waals surface area (Å²) < 4.78 is 29.8. The van der Waals surface area contributed by atoms with Gasteiger partial charge in [0.2, 0.25) is 5.75 Å². The summed E-state index contributed by atoms with van der Waals surface area (Å²) in [6, 6.07) is 10.8. The minimum Gasteiger partial charge on any atom is -0.493 e. The molecule has 3 heterocycles. The van der Waals surface area contributed by atoms with E-state index in [2.05, 4.69) is 4.99 Å². The number of nitrogens with zero attached hydrogens (tertiary/aromatic N) is 2. The van der Waals surface area contributed by atoms with Gasteiger partial charge in [-0.05, 0) is 62.2 Å². The number of carboxylic acid groups (broad SMARTS) is 1. The fourth-order valence-electron chi connectivity index (χ4n) is 5.20. The van der Waals surface area contributed by atoms with Crippen molar-refractivity contribution in [1.29, 1.82) is 0 Å². The number of aromatic carboxylic acids is 1. The fourth-order valence-corrected chi connectivity index (χ4v) is 6.23. The van der Waals surface area contributed by atoms with Crippen LogP contribution in [0.2, 0.25) is 0 Å². The van der Waals surface area contributed by atoms with Gasteiger partial charge in [0.15, 0.2) is 16.3 Å². The number of esters is 1. The van der Waals surface area contributed by atoms with E-state index in [4.69, 9.17) is 23.4 Å². The molecule has 0 aliphatic carbocycles. The third kappa shape index (κ3) is 5.28. The lowest BCUT2D eigenvalue weighted by atomic mass is 9.95. The van der Waals surface area contributed by atoms with Crippen molar-refractivity contribution in [2.45, 2.75) is 26.8 Å². The van der Waals surface area contributed by atoms with Crippen molar-refractivity contribution in [3.63, 3.8) is 0 Å². The number of methoxy groups -OCH3 is 3. The molecule has 12 heteroatoms. The first-order valence-corrected chi connectivity index (χ1v) is 14.4. The van der Waals surface area contributed by atoms with Gasteiger partial charge in [-0.1, -0.05) is 23.5 Å². The van der Waals surface area contributed by atoms with Crippen molar-refractivity contribution in [3.8, 4) is 28.6 Å². The second-order valence-electron chi connectivity index (χ2n) is 9.75. The Bertz CT molecular complexity index is 1970. The maximum atomic E-state index is 14.0. The molecule has 0 saturated carbocycles. The van der Waals surface area contributed by atoms with Crippen LogP contribution in [0.15, 0.2) is 67.9 Å². The predicted octanol–water partition coefficient (Wildman–Crippen LogP) is 4.09. The largest absolute Gasteiger partial charge is 0.493 e. The van der Waals surface area contributed by atoms with Crippen LogP contribution in [0.5, 0.6) is 17.2 Å². The summed E-state index contributed by atoms with van der Waals surface area (Å²) in [6.07, 6.45) is 1.60. The highest BCUT2D eigenvalue weighted by Crippen LogP contribution is 2.42. The van der Waals surface area contributed by atoms with Crippen LogP contribution in [0.3, 0.4) is 0 Å². The number of benzene rings is 2. The Kier molecular flexibility index (Phi) is 8.45. The Morgan fingerprint density at radius 2 is 1.77 bits per heavy atom. The molecule has 0 radical (unpaired) electrons. The van der Waals surface area contributed by atoms with E-state index < -0.39 is 23.5 Å². The zero-order chi connectivity index (χ0) is 31.7. The quantitative estimate of drug-likeness (QED) is 0.275. The van der Waals surface area contributed by atoms with E-state index in [1.807, 2.05) is 0 Å². The number of fused-ring (bicyclic) bond motifs is 1. The molecule has 0 amide bonds. The Morgan fingerprint density at radius 3 is 2.39 bits per heavy atom. The van der Waals surface area contributed by atoms with Crippen LogP contribution >= 0.6 is 11.3 Å². The highest BCUT2D eigenvalue weighted by Gasteiger charge is 2.34. The third-order valence-electron chi connectivity index (χ3n) is 7.25. The molecule has 0 bridgehead atoms. The maximum absolute atomic E-state index is 14.0. The standard InChI is InChI=1S/C32H30N2O9S/c1-7-42-31(38)26-17(3)33-32-34(27(26)18-13-23(39-4)28(41-6)24(14-18)40-5)29(35)25(44-32)15-19-11-12-22(43-19)20-9-8-10-21(16(20)2)30(36)37/h8-15,27H,7H2,1-6H3,(H,36,37)/b25-15-/t27-/m0/s1. The van der Waals surface area contributed by atoms with Crippen molar-refractivity contribution in [1.82, 2.24) is 4.57 Å². The van der Waals surface area contributed by atoms with Gasteiger partial charge in [0, 0.05) is 11.6 Å². The number of allylic oxidation sites excluding steroid dienone is 1. The second kappa shape index (κ2) is 12.3. The van der Waals surface area contributed by atoms with E-state index in [-0.39, 0.29) is 17.7 Å². The number of aromatic nitrogens is 1. The molecular weight excluding hydrogens is 588 g/mol. The Balaban J connectivity index is 1.68. The van der Waals surface area contributed by atoms with Gasteiger partial charge in [0.25, 0.3) is 5.56 Å². The number of carbonyl (C=O) groups is 2. The summed E-state index contributed by atoms with van der Waals surface area (Å²) >= 11 is 1.15. The van der Waals surface area contributed by atoms with E-state index in [1.165, 1.54) is 32.0 Å². The second-order valence-corrected chi connectivity index (χ2v) is 10.8. The summed E-state index contributed by atoms with van der Waals surface area (Å²) in [5, 5.41) is 9.50. The Labute approximate surface area is 255 Å². The summed E-state index contributed by atoms with van der Waals surface area (Å²) in [5.41, 5.74) is 2.10. The minimum absolute atomic E-state index is 0.137. The average Bonchev–Trinajstić information content (AvgIpc) is 3.59. The van der Waals surface area contributed by atoms with Gasteiger partial charge < -0.3 is 28.5 Å². The monoisotopic (exact) mass is 618 g/mol. The van der Waals surface area contributed by atoms with E-state index in [1.54, 1.807) is 63.2 Å². The number of carbonyl (C=O) groups excluding carboxylic acids is 1. The molecule has 1 aliphatic heterocycles. The van der Waals surface area contributed by atoms with E-state index in [9.17, 15) is 19.5 Å². The van der Waals surface area contributed by atoms with Gasteiger partial charge in [-0.3, -0.25) is 9.36 Å². The van der Waals surface area contributed by atoms with Crippen LogP contribution in [-0.4, -0.2) is 49.5 Å². The number of ether oxygens (including phenoxy) is 4. The lowest BCUT2D eigenvalue weighted by molar-refractivity contribution is -0.139. The third-order valence-corrected chi connectivity index (χ3v) is 8.23. The molecule has 2 aromatic heterocycles. The first kappa shape index (κ1) is 30.4. The Morgan fingerprint density at radius 1 is 1.07 bits per heavy atom. The number of hydrogen-bond donors (Lipinski definition) is 1. The smallest absolute Gasteiger partial charge is 0.338 e. The van der Waals surface area contributed by atoms with Crippen molar-refractivity contribution in [2.24, 2.45) is 4.99 Å². The molecule has 1 atom stereocenters. The van der Waals surface area contributed by atoms with Crippen LogP contribution in [0.1, 0.15) is 47.1 Å². The molecule has 11 nitrogen and oxygen atoms in total. The van der Waals surface area contributed by atoms with Crippen LogP contribution < -0.4 is 29.1 Å². The predicted molar refractivity (Wildman–Crippen MR) is 162 cm³/mol. The van der Waals surface area contributed by atoms with Gasteiger partial charge in [-0.15, -0.1) is 0 Å². The van der Waals surface area contributed by atoms with E-state index in [0.717, 1.165) is 11.3 Å². The summed E-state index contributed by atoms with van der Waals surface area (Å²) in [4.78, 5) is 43.9. The zero-order valence-electron chi connectivity index (χ0n) is 24.9. The summed E-state index contributed by atoms with van der Waals surface area (Å²) in [7, 11) is 4.45. The molecule has 5 rings (SSSR count). The highest BCUT2D eigenvalue weighted by molar-refractivity contribution is 7.07. The molecule has 4 aromatic rings. The lowest BCUT2D eigenvalue weighted by Crippen LogP contribution is -2.40. The SMILES string of the molecule is CCOC(=O)C1=C(C)N=c2s/c(=C\c3ccc(-c4cccc(C(=O)O)c4C)o3)c(=O)n2[C@H]1c1cc(OC)c(OC)c(OC)c1. The molecule has 2 aromatic carbocycles. The summed E-state index contributed by atoms with van der Waals surface area (Å²) in [5.74, 6) is 0.283. The molecule has 0 fully saturated rings. The minimum atomic E-state index is -1.03. The fraction of sp³-hybridized carbons (Fsp3) is 0.250. The van der Waals surface area contributed by atoms with Gasteiger partial charge in [0.1, 0.15) is 11.5 Å². The lowest BCUT2D eigenvalue weighted by Gasteiger charge is -2.26. The number of hydrogen-bond acceptors (Lipinski definition) is 10. The normalized spacial score (nSPS) is 14.6. The van der Waals surface area contributed by atoms with Crippen LogP contribution in [0.25, 0.3) is 17.4 Å². The molecule has 1 aliphatic rings. The molecular formula is C32H30N2O9S. The molecule has 0 spiro atoms. The van der Waals surface area contributed by atoms with Gasteiger partial charge in [-0.2, -0.15) is 0 Å². The van der Waals surface area contributed by atoms with Crippen molar-refractivity contribution >= 4 is 29.4 Å². The highest BCUT2D eigenvalue weighted by atomic mass is 32.1. The van der Waals surface area contributed by atoms with E-state index in [0.29, 0.717) is 60.5 Å². The number of furan rings is 1. The zero-order valence-corrected chi connectivity index (χ0v) is 25.7. The molecule has 0 saturated heterocycles. The van der Waals surface area contributed by atoms with Gasteiger partial charge in [0.05, 0.1) is 55.3 Å². The van der Waals surface area contributed by atoms with Crippen LogP contribution in [0.4, 0.5) is 0 Å². The van der Waals surface area contributed by atoms with Gasteiger partial charge >= 0.3 is 11.9 Å². The molecule has 1 N–H and O–H groups in total. The molecule has 228 valence electrons. The number of carboxylic acids is 1. The number of rotatable bonds is 9. The molecule has 0 unspecified atom stereocenters. The van der Waals surface area contributed by atoms with E-state index >= 15 is 0 Å². The topological polar surface area (TPSA) is 139 Å². The average molecular weight is 619 g/mol. The number of thiazole rings is 1. The summed E-state index contributed by atoms with van der Waals surface area (Å²) in [6.45, 7) is 5.25. The Hall–Kier alpha value is -5.10. The van der Waals surface area contributed by atoms with Crippen molar-refractivity contribution < 1.29 is 38.1 Å². The van der Waals surface area contributed by atoms with Crippen molar-refractivity contribution in [3.05, 3.63) is 95.9 Å². The van der Waals surface area contributed by atoms with Crippen LogP contribution in [-0.2, 0) is 9.53 Å². The first-order chi connectivity index (χ1) is 21.1.